The monoisotopic (exact) mass is 326 g/mol. The van der Waals surface area contributed by atoms with Crippen LogP contribution in [0.5, 0.6) is 0 Å². The number of carbonyl (C=O) groups excluding carboxylic acids is 1. The number of benzene rings is 1. The normalized spacial score (nSPS) is 10.4. The average molecular weight is 327 g/mol. The van der Waals surface area contributed by atoms with Crippen LogP contribution in [0.25, 0.3) is 0 Å². The highest BCUT2D eigenvalue weighted by Crippen LogP contribution is 2.24. The molecular formula is C12H11BrN2O2S. The van der Waals surface area contributed by atoms with E-state index < -0.39 is 0 Å². The molecule has 0 saturated heterocycles. The minimum absolute atomic E-state index is 0.222. The van der Waals surface area contributed by atoms with Crippen LogP contribution in [0.4, 0.5) is 5.69 Å². The van der Waals surface area contributed by atoms with Gasteiger partial charge in [-0.1, -0.05) is 17.4 Å². The van der Waals surface area contributed by atoms with Gasteiger partial charge in [0.2, 0.25) is 0 Å². The number of H-pyrrole nitrogens is 1. The number of anilines is 1. The summed E-state index contributed by atoms with van der Waals surface area (Å²) in [7, 11) is 0. The van der Waals surface area contributed by atoms with Gasteiger partial charge in [0.05, 0.1) is 5.69 Å². The van der Waals surface area contributed by atoms with Gasteiger partial charge in [-0.2, -0.15) is 0 Å². The highest BCUT2D eigenvalue weighted by Gasteiger charge is 2.14. The number of aromatic nitrogens is 1. The van der Waals surface area contributed by atoms with Crippen LogP contribution in [0, 0.1) is 13.8 Å². The molecule has 4 nitrogen and oxygen atoms in total. The molecule has 2 N–H and O–H groups in total. The molecular weight excluding hydrogens is 316 g/mol. The number of rotatable bonds is 2. The van der Waals surface area contributed by atoms with Gasteiger partial charge in [0.25, 0.3) is 5.91 Å². The van der Waals surface area contributed by atoms with E-state index in [4.69, 9.17) is 0 Å². The first-order chi connectivity index (χ1) is 8.47. The lowest BCUT2D eigenvalue weighted by Gasteiger charge is -2.07. The van der Waals surface area contributed by atoms with Gasteiger partial charge in [0.15, 0.2) is 0 Å². The molecule has 6 heteroatoms. The minimum atomic E-state index is -0.277. The van der Waals surface area contributed by atoms with Crippen molar-refractivity contribution in [1.82, 2.24) is 4.98 Å². The zero-order chi connectivity index (χ0) is 13.3. The van der Waals surface area contributed by atoms with Crippen molar-refractivity contribution < 1.29 is 4.79 Å². The summed E-state index contributed by atoms with van der Waals surface area (Å²) in [4.78, 5) is 25.9. The first-order valence-corrected chi connectivity index (χ1v) is 6.85. The molecule has 0 radical (unpaired) electrons. The van der Waals surface area contributed by atoms with Crippen LogP contribution in [0.2, 0.25) is 0 Å². The summed E-state index contributed by atoms with van der Waals surface area (Å²) in [6.45, 7) is 3.68. The van der Waals surface area contributed by atoms with E-state index in [1.165, 1.54) is 0 Å². The molecule has 0 aliphatic rings. The molecule has 94 valence electrons. The predicted octanol–water partition coefficient (Wildman–Crippen LogP) is 3.07. The van der Waals surface area contributed by atoms with Crippen LogP contribution < -0.4 is 10.2 Å². The van der Waals surface area contributed by atoms with Crippen molar-refractivity contribution in [1.29, 1.82) is 0 Å². The number of thiazole rings is 1. The van der Waals surface area contributed by atoms with E-state index in [9.17, 15) is 9.59 Å². The first-order valence-electron chi connectivity index (χ1n) is 5.24. The third-order valence-electron chi connectivity index (χ3n) is 2.40. The molecule has 0 atom stereocenters. The minimum Gasteiger partial charge on any atom is -0.320 e. The molecule has 0 aliphatic carbocycles. The Morgan fingerprint density at radius 3 is 2.67 bits per heavy atom. The number of nitrogens with one attached hydrogen (secondary N) is 2. The lowest BCUT2D eigenvalue weighted by Crippen LogP contribution is -2.12. The van der Waals surface area contributed by atoms with Gasteiger partial charge in [-0.05, 0) is 47.5 Å². The standard InChI is InChI=1S/C12H11BrN2O2S/c1-6-3-4-9(8(13)5-6)15-11(16)10-7(2)14-12(17)18-10/h3-5H,1-2H3,(H,14,17)(H,15,16). The molecule has 1 aromatic carbocycles. The second-order valence-electron chi connectivity index (χ2n) is 3.91. The fourth-order valence-corrected chi connectivity index (χ4v) is 2.85. The number of amides is 1. The topological polar surface area (TPSA) is 62.0 Å². The maximum absolute atomic E-state index is 12.0. The van der Waals surface area contributed by atoms with Crippen molar-refractivity contribution >= 4 is 38.9 Å². The number of carbonyl (C=O) groups is 1. The van der Waals surface area contributed by atoms with Crippen LogP contribution in [-0.2, 0) is 0 Å². The summed E-state index contributed by atoms with van der Waals surface area (Å²) >= 11 is 4.30. The number of hydrogen-bond donors (Lipinski definition) is 2. The summed E-state index contributed by atoms with van der Waals surface area (Å²) in [6.07, 6.45) is 0. The predicted molar refractivity (Wildman–Crippen MR) is 76.5 cm³/mol. The highest BCUT2D eigenvalue weighted by molar-refractivity contribution is 9.10. The number of aryl methyl sites for hydroxylation is 2. The molecule has 18 heavy (non-hydrogen) atoms. The quantitative estimate of drug-likeness (QED) is 0.890. The Bertz CT molecular complexity index is 660. The van der Waals surface area contributed by atoms with E-state index in [2.05, 4.69) is 26.2 Å². The maximum atomic E-state index is 12.0. The van der Waals surface area contributed by atoms with Gasteiger partial charge in [0.1, 0.15) is 4.88 Å². The zero-order valence-electron chi connectivity index (χ0n) is 9.83. The van der Waals surface area contributed by atoms with E-state index in [0.29, 0.717) is 16.3 Å². The molecule has 0 unspecified atom stereocenters. The van der Waals surface area contributed by atoms with Crippen molar-refractivity contribution in [3.63, 3.8) is 0 Å². The third-order valence-corrected chi connectivity index (χ3v) is 4.04. The molecule has 0 bridgehead atoms. The molecule has 1 aromatic heterocycles. The van der Waals surface area contributed by atoms with Gasteiger partial charge in [-0.3, -0.25) is 9.59 Å². The maximum Gasteiger partial charge on any atom is 0.305 e. The van der Waals surface area contributed by atoms with E-state index >= 15 is 0 Å². The van der Waals surface area contributed by atoms with Gasteiger partial charge in [0, 0.05) is 10.2 Å². The van der Waals surface area contributed by atoms with Crippen LogP contribution >= 0.6 is 27.3 Å². The largest absolute Gasteiger partial charge is 0.320 e. The van der Waals surface area contributed by atoms with Gasteiger partial charge in [-0.15, -0.1) is 0 Å². The molecule has 0 saturated carbocycles. The van der Waals surface area contributed by atoms with Gasteiger partial charge in [-0.25, -0.2) is 0 Å². The van der Waals surface area contributed by atoms with Crippen LogP contribution in [0.3, 0.4) is 0 Å². The van der Waals surface area contributed by atoms with E-state index in [-0.39, 0.29) is 10.8 Å². The van der Waals surface area contributed by atoms with Crippen molar-refractivity contribution in [2.24, 2.45) is 0 Å². The number of hydrogen-bond acceptors (Lipinski definition) is 3. The molecule has 0 aliphatic heterocycles. The summed E-state index contributed by atoms with van der Waals surface area (Å²) in [5.74, 6) is -0.277. The molecule has 1 amide bonds. The van der Waals surface area contributed by atoms with Crippen molar-refractivity contribution in [3.8, 4) is 0 Å². The Kier molecular flexibility index (Phi) is 3.68. The summed E-state index contributed by atoms with van der Waals surface area (Å²) in [6, 6.07) is 5.65. The smallest absolute Gasteiger partial charge is 0.305 e. The Morgan fingerprint density at radius 1 is 1.39 bits per heavy atom. The number of halogens is 1. The Morgan fingerprint density at radius 2 is 2.11 bits per heavy atom. The second-order valence-corrected chi connectivity index (χ2v) is 5.74. The van der Waals surface area contributed by atoms with Crippen molar-refractivity contribution in [3.05, 3.63) is 48.5 Å². The lowest BCUT2D eigenvalue weighted by atomic mass is 10.2. The summed E-state index contributed by atoms with van der Waals surface area (Å²) < 4.78 is 0.816. The highest BCUT2D eigenvalue weighted by atomic mass is 79.9. The zero-order valence-corrected chi connectivity index (χ0v) is 12.2. The fraction of sp³-hybridized carbons (Fsp3) is 0.167. The number of aromatic amines is 1. The Balaban J connectivity index is 2.26. The first kappa shape index (κ1) is 13.0. The van der Waals surface area contributed by atoms with E-state index in [1.54, 1.807) is 6.92 Å². The second kappa shape index (κ2) is 5.07. The van der Waals surface area contributed by atoms with Crippen molar-refractivity contribution in [2.75, 3.05) is 5.32 Å². The van der Waals surface area contributed by atoms with Gasteiger partial charge < -0.3 is 10.3 Å². The summed E-state index contributed by atoms with van der Waals surface area (Å²) in [5, 5.41) is 2.77. The van der Waals surface area contributed by atoms with Crippen LogP contribution in [-0.4, -0.2) is 10.9 Å². The molecule has 0 spiro atoms. The van der Waals surface area contributed by atoms with E-state index in [0.717, 1.165) is 21.4 Å². The van der Waals surface area contributed by atoms with Crippen LogP contribution in [0.1, 0.15) is 20.9 Å². The molecule has 1 heterocycles. The van der Waals surface area contributed by atoms with Gasteiger partial charge >= 0.3 is 4.87 Å². The Hall–Kier alpha value is -1.40. The average Bonchev–Trinajstić information content (AvgIpc) is 2.62. The van der Waals surface area contributed by atoms with Crippen molar-refractivity contribution in [2.45, 2.75) is 13.8 Å². The molecule has 0 fully saturated rings. The molecule has 2 rings (SSSR count). The SMILES string of the molecule is Cc1ccc(NC(=O)c2sc(=O)[nH]c2C)c(Br)c1. The van der Waals surface area contributed by atoms with E-state index in [1.807, 2.05) is 25.1 Å². The third kappa shape index (κ3) is 2.70. The Labute approximate surface area is 116 Å². The fourth-order valence-electron chi connectivity index (χ4n) is 1.52. The molecule has 2 aromatic rings. The van der Waals surface area contributed by atoms with Crippen LogP contribution in [0.15, 0.2) is 27.5 Å². The lowest BCUT2D eigenvalue weighted by molar-refractivity contribution is 0.102. The summed E-state index contributed by atoms with van der Waals surface area (Å²) in [5.41, 5.74) is 2.37.